The molecule has 3 aromatic rings. The number of hydrogen-bond acceptors (Lipinski definition) is 6. The fourth-order valence-electron chi connectivity index (χ4n) is 5.04. The van der Waals surface area contributed by atoms with Gasteiger partial charge in [0.25, 0.3) is 0 Å². The molecule has 2 aromatic heterocycles. The van der Waals surface area contributed by atoms with Gasteiger partial charge in [0.15, 0.2) is 0 Å². The Bertz CT molecular complexity index is 1020. The van der Waals surface area contributed by atoms with Crippen LogP contribution in [0, 0.1) is 18.8 Å². The van der Waals surface area contributed by atoms with Crippen LogP contribution in [0.4, 0.5) is 5.82 Å². The lowest BCUT2D eigenvalue weighted by atomic mass is 9.77. The largest absolute Gasteiger partial charge is 0.391 e. The standard InChI is InChI=1S/C23H28N6O/c1-15-4-6-16(7-5-15)20-14-29(27-26-20)21-9-18-12-28(13-19(18)10-22(21)30)11-17-3-2-8-25-23(17)24/h2-8,14,18-19,21-22,30H,9-13H2,1H3,(H2,24,25)/t18-,19+,21-,22-/m1/s1. The summed E-state index contributed by atoms with van der Waals surface area (Å²) in [4.78, 5) is 6.64. The maximum Gasteiger partial charge on any atom is 0.127 e. The number of nitrogens with two attached hydrogens (primary N) is 1. The Kier molecular flexibility index (Phi) is 5.00. The van der Waals surface area contributed by atoms with Crippen LogP contribution < -0.4 is 5.73 Å². The Morgan fingerprint density at radius 1 is 1.10 bits per heavy atom. The van der Waals surface area contributed by atoms with Gasteiger partial charge in [-0.1, -0.05) is 41.1 Å². The first-order valence-corrected chi connectivity index (χ1v) is 10.7. The minimum Gasteiger partial charge on any atom is -0.391 e. The molecule has 3 heterocycles. The lowest BCUT2D eigenvalue weighted by Gasteiger charge is -2.35. The number of nitrogen functional groups attached to an aromatic ring is 1. The number of aryl methyl sites for hydroxylation is 1. The van der Waals surface area contributed by atoms with Gasteiger partial charge in [-0.15, -0.1) is 5.10 Å². The van der Waals surface area contributed by atoms with Gasteiger partial charge in [0, 0.05) is 37.0 Å². The average molecular weight is 405 g/mol. The van der Waals surface area contributed by atoms with Crippen molar-refractivity contribution in [3.05, 3.63) is 59.9 Å². The van der Waals surface area contributed by atoms with Crippen LogP contribution in [0.15, 0.2) is 48.8 Å². The van der Waals surface area contributed by atoms with Gasteiger partial charge in [0.1, 0.15) is 11.5 Å². The number of aromatic nitrogens is 4. The molecule has 156 valence electrons. The molecule has 1 aromatic carbocycles. The molecular formula is C23H28N6O. The zero-order valence-electron chi connectivity index (χ0n) is 17.2. The molecule has 0 amide bonds. The maximum absolute atomic E-state index is 10.9. The van der Waals surface area contributed by atoms with E-state index in [-0.39, 0.29) is 6.04 Å². The van der Waals surface area contributed by atoms with E-state index in [4.69, 9.17) is 5.73 Å². The summed E-state index contributed by atoms with van der Waals surface area (Å²) < 4.78 is 1.87. The molecule has 1 saturated carbocycles. The van der Waals surface area contributed by atoms with Crippen molar-refractivity contribution >= 4 is 5.82 Å². The Hall–Kier alpha value is -2.77. The minimum absolute atomic E-state index is 0.0265. The summed E-state index contributed by atoms with van der Waals surface area (Å²) in [6.07, 6.45) is 5.02. The summed E-state index contributed by atoms with van der Waals surface area (Å²) in [6, 6.07) is 12.2. The van der Waals surface area contributed by atoms with Crippen LogP contribution in [-0.4, -0.2) is 49.2 Å². The third-order valence-electron chi connectivity index (χ3n) is 6.70. The molecule has 1 aliphatic carbocycles. The predicted octanol–water partition coefficient (Wildman–Crippen LogP) is 2.67. The number of likely N-dealkylation sites (tertiary alicyclic amines) is 1. The highest BCUT2D eigenvalue weighted by atomic mass is 16.3. The molecular weight excluding hydrogens is 376 g/mol. The van der Waals surface area contributed by atoms with E-state index in [0.717, 1.165) is 49.3 Å². The molecule has 7 nitrogen and oxygen atoms in total. The van der Waals surface area contributed by atoms with E-state index in [9.17, 15) is 5.11 Å². The van der Waals surface area contributed by atoms with Gasteiger partial charge >= 0.3 is 0 Å². The van der Waals surface area contributed by atoms with E-state index in [0.29, 0.717) is 17.7 Å². The Balaban J connectivity index is 1.28. The molecule has 0 bridgehead atoms. The molecule has 1 aliphatic heterocycles. The monoisotopic (exact) mass is 404 g/mol. The van der Waals surface area contributed by atoms with E-state index in [1.54, 1.807) is 6.20 Å². The molecule has 2 aliphatic rings. The minimum atomic E-state index is -0.401. The Morgan fingerprint density at radius 3 is 2.63 bits per heavy atom. The summed E-state index contributed by atoms with van der Waals surface area (Å²) in [5.41, 5.74) is 10.2. The van der Waals surface area contributed by atoms with Gasteiger partial charge in [-0.3, -0.25) is 4.90 Å². The second kappa shape index (κ2) is 7.81. The molecule has 5 rings (SSSR count). The fourth-order valence-corrected chi connectivity index (χ4v) is 5.04. The molecule has 0 unspecified atom stereocenters. The van der Waals surface area contributed by atoms with Crippen LogP contribution in [0.3, 0.4) is 0 Å². The quantitative estimate of drug-likeness (QED) is 0.694. The first kappa shape index (κ1) is 19.2. The van der Waals surface area contributed by atoms with Gasteiger partial charge in [0.05, 0.1) is 18.3 Å². The van der Waals surface area contributed by atoms with Crippen molar-refractivity contribution in [3.63, 3.8) is 0 Å². The topological polar surface area (TPSA) is 93.1 Å². The van der Waals surface area contributed by atoms with Crippen molar-refractivity contribution in [2.45, 2.75) is 38.5 Å². The van der Waals surface area contributed by atoms with Gasteiger partial charge in [-0.25, -0.2) is 9.67 Å². The number of anilines is 1. The molecule has 0 spiro atoms. The normalized spacial score (nSPS) is 26.6. The molecule has 2 fully saturated rings. The number of fused-ring (bicyclic) bond motifs is 1. The highest BCUT2D eigenvalue weighted by Crippen LogP contribution is 2.41. The smallest absolute Gasteiger partial charge is 0.127 e. The zero-order valence-corrected chi connectivity index (χ0v) is 17.2. The third kappa shape index (κ3) is 3.70. The van der Waals surface area contributed by atoms with Gasteiger partial charge in [-0.05, 0) is 37.7 Å². The van der Waals surface area contributed by atoms with Crippen LogP contribution in [0.25, 0.3) is 11.3 Å². The number of aliphatic hydroxyl groups excluding tert-OH is 1. The molecule has 0 radical (unpaired) electrons. The first-order valence-electron chi connectivity index (χ1n) is 10.7. The van der Waals surface area contributed by atoms with Crippen LogP contribution in [-0.2, 0) is 6.54 Å². The van der Waals surface area contributed by atoms with E-state index in [1.807, 2.05) is 23.0 Å². The van der Waals surface area contributed by atoms with E-state index >= 15 is 0 Å². The van der Waals surface area contributed by atoms with E-state index < -0.39 is 6.10 Å². The predicted molar refractivity (Wildman–Crippen MR) is 115 cm³/mol. The van der Waals surface area contributed by atoms with Gasteiger partial charge in [-0.2, -0.15) is 0 Å². The summed E-state index contributed by atoms with van der Waals surface area (Å²) in [6.45, 7) is 4.90. The number of rotatable bonds is 4. The van der Waals surface area contributed by atoms with E-state index in [2.05, 4.69) is 51.4 Å². The summed E-state index contributed by atoms with van der Waals surface area (Å²) in [7, 11) is 0. The maximum atomic E-state index is 10.9. The van der Waals surface area contributed by atoms with Crippen LogP contribution in [0.1, 0.15) is 30.0 Å². The first-order chi connectivity index (χ1) is 14.6. The number of pyridine rings is 1. The highest BCUT2D eigenvalue weighted by Gasteiger charge is 2.42. The number of nitrogens with zero attached hydrogens (tertiary/aromatic N) is 5. The average Bonchev–Trinajstić information content (AvgIpc) is 3.36. The number of benzene rings is 1. The van der Waals surface area contributed by atoms with Crippen molar-refractivity contribution in [2.75, 3.05) is 18.8 Å². The van der Waals surface area contributed by atoms with E-state index in [1.165, 1.54) is 5.56 Å². The number of aliphatic hydroxyl groups is 1. The van der Waals surface area contributed by atoms with Crippen LogP contribution in [0.5, 0.6) is 0 Å². The molecule has 4 atom stereocenters. The van der Waals surface area contributed by atoms with Gasteiger partial charge < -0.3 is 10.8 Å². The molecule has 7 heteroatoms. The fraction of sp³-hybridized carbons (Fsp3) is 0.435. The lowest BCUT2D eigenvalue weighted by Crippen LogP contribution is -2.36. The van der Waals surface area contributed by atoms with Crippen molar-refractivity contribution in [3.8, 4) is 11.3 Å². The molecule has 30 heavy (non-hydrogen) atoms. The Labute approximate surface area is 176 Å². The summed E-state index contributed by atoms with van der Waals surface area (Å²) >= 11 is 0. The van der Waals surface area contributed by atoms with Crippen LogP contribution >= 0.6 is 0 Å². The lowest BCUT2D eigenvalue weighted by molar-refractivity contribution is 0.0298. The van der Waals surface area contributed by atoms with Crippen molar-refractivity contribution < 1.29 is 5.11 Å². The molecule has 1 saturated heterocycles. The second-order valence-electron chi connectivity index (χ2n) is 8.82. The molecule has 3 N–H and O–H groups in total. The number of hydrogen-bond donors (Lipinski definition) is 2. The Morgan fingerprint density at radius 2 is 1.87 bits per heavy atom. The van der Waals surface area contributed by atoms with Crippen molar-refractivity contribution in [1.82, 2.24) is 24.9 Å². The SMILES string of the molecule is Cc1ccc(-c2cn([C@@H]3C[C@@H]4CN(Cc5cccnc5N)C[C@@H]4C[C@H]3O)nn2)cc1. The summed E-state index contributed by atoms with van der Waals surface area (Å²) in [5, 5.41) is 19.6. The van der Waals surface area contributed by atoms with Gasteiger partial charge in [0.2, 0.25) is 0 Å². The third-order valence-corrected chi connectivity index (χ3v) is 6.70. The van der Waals surface area contributed by atoms with Crippen LogP contribution in [0.2, 0.25) is 0 Å². The highest BCUT2D eigenvalue weighted by molar-refractivity contribution is 5.57. The zero-order chi connectivity index (χ0) is 20.7. The summed E-state index contributed by atoms with van der Waals surface area (Å²) in [5.74, 6) is 1.66. The second-order valence-corrected chi connectivity index (χ2v) is 8.82. The van der Waals surface area contributed by atoms with Crippen molar-refractivity contribution in [1.29, 1.82) is 0 Å². The van der Waals surface area contributed by atoms with Crippen molar-refractivity contribution in [2.24, 2.45) is 11.8 Å².